The Morgan fingerprint density at radius 2 is 1.50 bits per heavy atom. The van der Waals surface area contributed by atoms with E-state index >= 15 is 0 Å². The van der Waals surface area contributed by atoms with Crippen molar-refractivity contribution >= 4 is 53.2 Å². The Morgan fingerprint density at radius 3 is 2.10 bits per heavy atom. The van der Waals surface area contributed by atoms with Gasteiger partial charge in [-0.1, -0.05) is 91.6 Å². The Labute approximate surface area is 474 Å². The van der Waals surface area contributed by atoms with E-state index in [0.29, 0.717) is 77.6 Å². The van der Waals surface area contributed by atoms with E-state index in [1.807, 2.05) is 76.8 Å². The Bertz CT molecular complexity index is 2310. The van der Waals surface area contributed by atoms with E-state index in [4.69, 9.17) is 14.3 Å². The van der Waals surface area contributed by atoms with E-state index in [0.717, 1.165) is 18.4 Å². The van der Waals surface area contributed by atoms with Crippen molar-refractivity contribution in [2.45, 2.75) is 180 Å². The number of carbonyl (C=O) groups is 9. The standard InChI is InChI=1S/C59H93N9O12/c1-13-40(6)53(45(78-11)36-50(73)66-33-22-26-44(66)54(79-12)41(7)55(74)61-59(58(77)68-34-20-21-35-80-68)37-43(59)42-24-16-14-17-25-42)64(9)57(76)51(38(2)3)60-56(75)52(39(4)5)63(8)31-23-28-47(70)65(10)62-46(69)27-18-15-19-32-67-48(71)29-30-49(67)72/h14,16-17,24-25,29-30,38-41,43-45,51-54H,13,15,18-23,26-28,31-37H2,1-12H3,(H,60,75)(H,61,74)(H,62,69)/t40-,41+,43+,44-,45+,51-,52-,53-,54+,59-/m0/s1. The van der Waals surface area contributed by atoms with Crippen LogP contribution in [0.25, 0.3) is 0 Å². The van der Waals surface area contributed by atoms with Gasteiger partial charge in [-0.25, -0.2) is 5.06 Å². The highest BCUT2D eigenvalue weighted by Crippen LogP contribution is 2.53. The van der Waals surface area contributed by atoms with E-state index in [2.05, 4.69) is 16.1 Å². The molecule has 21 nitrogen and oxygen atoms in total. The van der Waals surface area contributed by atoms with Gasteiger partial charge in [0.15, 0.2) is 0 Å². The van der Waals surface area contributed by atoms with Crippen molar-refractivity contribution in [3.05, 3.63) is 48.0 Å². The number of hydrogen-bond donors (Lipinski definition) is 3. The number of unbranched alkanes of at least 4 members (excludes halogenated alkanes) is 2. The number of likely N-dealkylation sites (tertiary alicyclic amines) is 1. The van der Waals surface area contributed by atoms with Crippen molar-refractivity contribution in [1.29, 1.82) is 0 Å². The van der Waals surface area contributed by atoms with Gasteiger partial charge in [0.25, 0.3) is 17.7 Å². The average Bonchev–Trinajstić information content (AvgIpc) is 3.85. The largest absolute Gasteiger partial charge is 0.379 e. The summed E-state index contributed by atoms with van der Waals surface area (Å²) in [6, 6.07) is 7.11. The van der Waals surface area contributed by atoms with E-state index < -0.39 is 47.8 Å². The van der Waals surface area contributed by atoms with Crippen LogP contribution in [-0.2, 0) is 57.5 Å². The summed E-state index contributed by atoms with van der Waals surface area (Å²) in [7, 11) is 8.06. The van der Waals surface area contributed by atoms with Crippen LogP contribution >= 0.6 is 0 Å². The summed E-state index contributed by atoms with van der Waals surface area (Å²) in [5, 5.41) is 8.80. The van der Waals surface area contributed by atoms with Gasteiger partial charge in [0, 0.05) is 78.9 Å². The minimum absolute atomic E-state index is 0.0560. The molecule has 0 aromatic heterocycles. The molecule has 9 amide bonds. The molecule has 1 aliphatic carbocycles. The summed E-state index contributed by atoms with van der Waals surface area (Å²) in [6.07, 6.45) is 7.43. The third kappa shape index (κ3) is 16.5. The van der Waals surface area contributed by atoms with Crippen molar-refractivity contribution < 1.29 is 57.5 Å². The van der Waals surface area contributed by atoms with Gasteiger partial charge in [-0.3, -0.25) is 68.2 Å². The van der Waals surface area contributed by atoms with Crippen LogP contribution in [0.5, 0.6) is 0 Å². The number of methoxy groups -OCH3 is 2. The zero-order chi connectivity index (χ0) is 59.0. The SMILES string of the molecule is CC[C@H](C)[C@@H]([C@@H](CC(=O)N1CCC[C@H]1[C@H](OC)[C@@H](C)C(=O)N[C@@]1(C(=O)N2CCCCO2)C[C@@H]1c1ccccc1)OC)N(C)C(=O)[C@@H](NC(=O)[C@H](C(C)C)N(C)CCCC(=O)N(C)NC(=O)CCCCCN1C(=O)C=CC1=O)C(C)C. The Hall–Kier alpha value is -5.77. The number of hydrazine groups is 1. The van der Waals surface area contributed by atoms with Crippen LogP contribution in [-0.4, -0.2) is 193 Å². The van der Waals surface area contributed by atoms with Crippen molar-refractivity contribution in [2.75, 3.05) is 68.1 Å². The predicted octanol–water partition coefficient (Wildman–Crippen LogP) is 4.36. The maximum Gasteiger partial charge on any atom is 0.272 e. The van der Waals surface area contributed by atoms with Gasteiger partial charge in [0.2, 0.25) is 35.4 Å². The maximum absolute atomic E-state index is 14.8. The second kappa shape index (κ2) is 30.3. The quantitative estimate of drug-likeness (QED) is 0.0553. The lowest BCUT2D eigenvalue weighted by Gasteiger charge is -2.41. The summed E-state index contributed by atoms with van der Waals surface area (Å²) >= 11 is 0. The normalized spacial score (nSPS) is 21.7. The number of nitrogens with zero attached hydrogens (tertiary/aromatic N) is 6. The monoisotopic (exact) mass is 1120 g/mol. The lowest BCUT2D eigenvalue weighted by molar-refractivity contribution is -0.200. The van der Waals surface area contributed by atoms with Crippen LogP contribution in [0, 0.1) is 23.7 Å². The molecule has 3 heterocycles. The summed E-state index contributed by atoms with van der Waals surface area (Å²) in [4.78, 5) is 134. The number of amides is 9. The number of benzene rings is 1. The van der Waals surface area contributed by atoms with Gasteiger partial charge in [-0.05, 0) is 88.3 Å². The zero-order valence-corrected chi connectivity index (χ0v) is 49.7. The molecule has 1 aromatic carbocycles. The minimum atomic E-state index is -1.17. The maximum atomic E-state index is 14.8. The Kier molecular flexibility index (Phi) is 24.7. The first-order valence-corrected chi connectivity index (χ1v) is 29.1. The highest BCUT2D eigenvalue weighted by atomic mass is 16.7. The van der Waals surface area contributed by atoms with Crippen LogP contribution < -0.4 is 16.1 Å². The number of nitrogens with one attached hydrogen (secondary N) is 3. The highest BCUT2D eigenvalue weighted by molar-refractivity contribution is 6.12. The van der Waals surface area contributed by atoms with Gasteiger partial charge < -0.3 is 29.9 Å². The van der Waals surface area contributed by atoms with Crippen molar-refractivity contribution in [1.82, 2.24) is 45.7 Å². The first kappa shape index (κ1) is 65.0. The molecule has 3 N–H and O–H groups in total. The molecule has 0 spiro atoms. The molecule has 2 saturated heterocycles. The molecular weight excluding hydrogens is 1030 g/mol. The number of ether oxygens (including phenoxy) is 2. The molecule has 21 heteroatoms. The number of hydroxylamine groups is 2. The molecule has 0 bridgehead atoms. The summed E-state index contributed by atoms with van der Waals surface area (Å²) < 4.78 is 12.2. The molecule has 5 rings (SSSR count). The second-order valence-corrected chi connectivity index (χ2v) is 23.1. The van der Waals surface area contributed by atoms with E-state index in [1.165, 1.54) is 48.4 Å². The van der Waals surface area contributed by atoms with Gasteiger partial charge in [0.05, 0.1) is 49.3 Å². The number of hydrogen-bond acceptors (Lipinski definition) is 13. The zero-order valence-electron chi connectivity index (χ0n) is 49.7. The second-order valence-electron chi connectivity index (χ2n) is 23.1. The number of rotatable bonds is 30. The van der Waals surface area contributed by atoms with Gasteiger partial charge >= 0.3 is 0 Å². The number of imide groups is 1. The van der Waals surface area contributed by atoms with E-state index in [1.54, 1.807) is 30.8 Å². The Morgan fingerprint density at radius 1 is 0.812 bits per heavy atom. The molecule has 3 fully saturated rings. The molecule has 0 radical (unpaired) electrons. The van der Waals surface area contributed by atoms with Gasteiger partial charge in [-0.2, -0.15) is 0 Å². The van der Waals surface area contributed by atoms with Crippen LogP contribution in [0.4, 0.5) is 0 Å². The topological polar surface area (TPSA) is 237 Å². The van der Waals surface area contributed by atoms with Crippen LogP contribution in [0.3, 0.4) is 0 Å². The molecular formula is C59H93N9O12. The number of carbonyl (C=O) groups excluding carboxylic acids is 9. The lowest BCUT2D eigenvalue weighted by Crippen LogP contribution is -2.60. The van der Waals surface area contributed by atoms with E-state index in [9.17, 15) is 43.2 Å². The van der Waals surface area contributed by atoms with Crippen molar-refractivity contribution in [2.24, 2.45) is 23.7 Å². The number of likely N-dealkylation sites (N-methyl/N-ethyl adjacent to an activating group) is 2. The smallest absolute Gasteiger partial charge is 0.272 e. The molecule has 1 aromatic rings. The van der Waals surface area contributed by atoms with Crippen LogP contribution in [0.15, 0.2) is 42.5 Å². The van der Waals surface area contributed by atoms with Gasteiger partial charge in [0.1, 0.15) is 11.6 Å². The first-order chi connectivity index (χ1) is 38.0. The molecule has 446 valence electrons. The molecule has 10 atom stereocenters. The van der Waals surface area contributed by atoms with E-state index in [-0.39, 0.29) is 103 Å². The molecule has 3 aliphatic heterocycles. The summed E-state index contributed by atoms with van der Waals surface area (Å²) in [5.74, 6) is -4.35. The van der Waals surface area contributed by atoms with Crippen molar-refractivity contribution in [3.8, 4) is 0 Å². The van der Waals surface area contributed by atoms with Crippen LogP contribution in [0.1, 0.15) is 143 Å². The fourth-order valence-corrected chi connectivity index (χ4v) is 11.9. The van der Waals surface area contributed by atoms with Crippen molar-refractivity contribution in [3.63, 3.8) is 0 Å². The fraction of sp³-hybridized carbons (Fsp3) is 0.712. The van der Waals surface area contributed by atoms with Gasteiger partial charge in [-0.15, -0.1) is 0 Å². The van der Waals surface area contributed by atoms with Crippen LogP contribution in [0.2, 0.25) is 0 Å². The molecule has 0 unspecified atom stereocenters. The molecule has 80 heavy (non-hydrogen) atoms. The lowest BCUT2D eigenvalue weighted by atomic mass is 9.89. The molecule has 1 saturated carbocycles. The highest BCUT2D eigenvalue weighted by Gasteiger charge is 2.64. The first-order valence-electron chi connectivity index (χ1n) is 29.1. The minimum Gasteiger partial charge on any atom is -0.379 e. The summed E-state index contributed by atoms with van der Waals surface area (Å²) in [6.45, 7) is 15.4. The fourth-order valence-electron chi connectivity index (χ4n) is 11.9. The third-order valence-corrected chi connectivity index (χ3v) is 16.7. The average molecular weight is 1120 g/mol. The Balaban J connectivity index is 1.17. The third-order valence-electron chi connectivity index (χ3n) is 16.7. The summed E-state index contributed by atoms with van der Waals surface area (Å²) in [5.41, 5.74) is 2.39. The molecule has 4 aliphatic rings. The predicted molar refractivity (Wildman–Crippen MR) is 300 cm³/mol.